The Morgan fingerprint density at radius 1 is 1.58 bits per heavy atom. The lowest BCUT2D eigenvalue weighted by atomic mass is 10.00. The first-order valence-electron chi connectivity index (χ1n) is 6.63. The van der Waals surface area contributed by atoms with Crippen LogP contribution in [-0.4, -0.2) is 39.2 Å². The molecule has 0 saturated carbocycles. The van der Waals surface area contributed by atoms with Gasteiger partial charge in [0.1, 0.15) is 11.6 Å². The van der Waals surface area contributed by atoms with Gasteiger partial charge in [0.2, 0.25) is 0 Å². The van der Waals surface area contributed by atoms with Gasteiger partial charge in [0.15, 0.2) is 5.65 Å². The van der Waals surface area contributed by atoms with E-state index in [1.165, 1.54) is 17.2 Å². The molecule has 0 bridgehead atoms. The van der Waals surface area contributed by atoms with Crippen molar-refractivity contribution in [3.8, 4) is 0 Å². The number of anilines is 1. The van der Waals surface area contributed by atoms with Crippen molar-refractivity contribution in [1.29, 1.82) is 0 Å². The highest BCUT2D eigenvalue weighted by Gasteiger charge is 2.13. The summed E-state index contributed by atoms with van der Waals surface area (Å²) < 4.78 is 1.47. The molecular formula is C12H18N6O. The van der Waals surface area contributed by atoms with Crippen LogP contribution in [0.2, 0.25) is 0 Å². The summed E-state index contributed by atoms with van der Waals surface area (Å²) in [5, 5.41) is 13.1. The van der Waals surface area contributed by atoms with Gasteiger partial charge in [0.25, 0.3) is 0 Å². The fourth-order valence-corrected chi connectivity index (χ4v) is 2.54. The van der Waals surface area contributed by atoms with E-state index in [1.807, 2.05) is 0 Å². The molecule has 0 amide bonds. The highest BCUT2D eigenvalue weighted by Crippen LogP contribution is 2.12. The number of fused-ring (bicyclic) bond motifs is 1. The normalized spacial score (nSPS) is 19.7. The summed E-state index contributed by atoms with van der Waals surface area (Å²) in [6, 6.07) is 1.79. The van der Waals surface area contributed by atoms with E-state index in [0.29, 0.717) is 17.4 Å². The van der Waals surface area contributed by atoms with Gasteiger partial charge in [-0.15, -0.1) is 0 Å². The molecule has 1 aliphatic rings. The van der Waals surface area contributed by atoms with Crippen LogP contribution in [0, 0.1) is 12.8 Å². The lowest BCUT2D eigenvalue weighted by Gasteiger charge is -2.23. The summed E-state index contributed by atoms with van der Waals surface area (Å²) >= 11 is 0. The van der Waals surface area contributed by atoms with E-state index in [9.17, 15) is 4.79 Å². The fourth-order valence-electron chi connectivity index (χ4n) is 2.54. The van der Waals surface area contributed by atoms with Gasteiger partial charge >= 0.3 is 5.69 Å². The first kappa shape index (κ1) is 12.2. The minimum Gasteiger partial charge on any atom is -0.370 e. The minimum atomic E-state index is -0.247. The molecule has 0 spiro atoms. The molecule has 2 aromatic rings. The molecular weight excluding hydrogens is 244 g/mol. The van der Waals surface area contributed by atoms with Gasteiger partial charge in [0, 0.05) is 12.6 Å². The van der Waals surface area contributed by atoms with Gasteiger partial charge in [-0.3, -0.25) is 0 Å². The number of hydrogen-bond acceptors (Lipinski definition) is 5. The predicted molar refractivity (Wildman–Crippen MR) is 72.4 cm³/mol. The molecule has 0 aliphatic carbocycles. The van der Waals surface area contributed by atoms with Gasteiger partial charge in [-0.05, 0) is 38.8 Å². The van der Waals surface area contributed by atoms with Crippen LogP contribution in [0.4, 0.5) is 5.82 Å². The molecule has 1 aliphatic heterocycles. The Kier molecular flexibility index (Phi) is 3.20. The Balaban J connectivity index is 1.75. The van der Waals surface area contributed by atoms with Crippen molar-refractivity contribution in [1.82, 2.24) is 24.9 Å². The predicted octanol–water partition coefficient (Wildman–Crippen LogP) is 0.138. The van der Waals surface area contributed by atoms with Crippen LogP contribution >= 0.6 is 0 Å². The van der Waals surface area contributed by atoms with Crippen LogP contribution in [0.25, 0.3) is 5.65 Å². The standard InChI is InChI=1S/C12H18N6O/c1-8-15-10(5-11-16-17-12(19)18(8)11)14-7-9-3-2-4-13-6-9/h5,9,13-14H,2-4,6-7H2,1H3,(H,17,19). The minimum absolute atomic E-state index is 0.247. The molecule has 3 rings (SSSR count). The van der Waals surface area contributed by atoms with Crippen molar-refractivity contribution < 1.29 is 0 Å². The Bertz CT molecular complexity index is 625. The fraction of sp³-hybridized carbons (Fsp3) is 0.583. The molecule has 2 aromatic heterocycles. The highest BCUT2D eigenvalue weighted by molar-refractivity contribution is 5.49. The first-order chi connectivity index (χ1) is 9.24. The summed E-state index contributed by atoms with van der Waals surface area (Å²) in [6.07, 6.45) is 2.47. The quantitative estimate of drug-likeness (QED) is 0.732. The first-order valence-corrected chi connectivity index (χ1v) is 6.63. The van der Waals surface area contributed by atoms with Crippen molar-refractivity contribution >= 4 is 11.5 Å². The van der Waals surface area contributed by atoms with Gasteiger partial charge in [-0.1, -0.05) is 0 Å². The van der Waals surface area contributed by atoms with Gasteiger partial charge < -0.3 is 10.6 Å². The second-order valence-corrected chi connectivity index (χ2v) is 5.00. The average molecular weight is 262 g/mol. The van der Waals surface area contributed by atoms with E-state index in [2.05, 4.69) is 25.8 Å². The van der Waals surface area contributed by atoms with E-state index in [-0.39, 0.29) is 5.69 Å². The van der Waals surface area contributed by atoms with Crippen molar-refractivity contribution in [2.45, 2.75) is 19.8 Å². The Morgan fingerprint density at radius 2 is 2.47 bits per heavy atom. The summed E-state index contributed by atoms with van der Waals surface area (Å²) in [4.78, 5) is 15.9. The van der Waals surface area contributed by atoms with Crippen molar-refractivity contribution in [2.24, 2.45) is 5.92 Å². The second kappa shape index (κ2) is 5.00. The van der Waals surface area contributed by atoms with Crippen molar-refractivity contribution in [3.63, 3.8) is 0 Å². The summed E-state index contributed by atoms with van der Waals surface area (Å²) in [5.74, 6) is 2.04. The van der Waals surface area contributed by atoms with Crippen LogP contribution in [0.3, 0.4) is 0 Å². The Morgan fingerprint density at radius 3 is 3.26 bits per heavy atom. The molecule has 1 fully saturated rings. The maximum atomic E-state index is 11.5. The third-order valence-electron chi connectivity index (χ3n) is 3.54. The number of rotatable bonds is 3. The van der Waals surface area contributed by atoms with Crippen molar-refractivity contribution in [2.75, 3.05) is 25.0 Å². The summed E-state index contributed by atoms with van der Waals surface area (Å²) in [5.41, 5.74) is 0.352. The SMILES string of the molecule is Cc1nc(NCC2CCCNC2)cc2n[nH]c(=O)n12. The van der Waals surface area contributed by atoms with Gasteiger partial charge in [-0.2, -0.15) is 5.10 Å². The molecule has 0 radical (unpaired) electrons. The number of aromatic nitrogens is 4. The van der Waals surface area contributed by atoms with Crippen LogP contribution in [-0.2, 0) is 0 Å². The largest absolute Gasteiger partial charge is 0.370 e. The van der Waals surface area contributed by atoms with Crippen LogP contribution in [0.1, 0.15) is 18.7 Å². The zero-order chi connectivity index (χ0) is 13.2. The smallest absolute Gasteiger partial charge is 0.349 e. The number of nitrogens with zero attached hydrogens (tertiary/aromatic N) is 3. The number of nitrogens with one attached hydrogen (secondary N) is 3. The molecule has 7 heteroatoms. The summed E-state index contributed by atoms with van der Waals surface area (Å²) in [6.45, 7) is 4.87. The number of hydrogen-bond donors (Lipinski definition) is 3. The second-order valence-electron chi connectivity index (χ2n) is 5.00. The summed E-state index contributed by atoms with van der Waals surface area (Å²) in [7, 11) is 0. The van der Waals surface area contributed by atoms with Gasteiger partial charge in [-0.25, -0.2) is 19.3 Å². The van der Waals surface area contributed by atoms with Crippen LogP contribution in [0.5, 0.6) is 0 Å². The molecule has 102 valence electrons. The van der Waals surface area contributed by atoms with Crippen molar-refractivity contribution in [3.05, 3.63) is 22.4 Å². The zero-order valence-electron chi connectivity index (χ0n) is 10.9. The average Bonchev–Trinajstić information content (AvgIpc) is 2.80. The number of piperidine rings is 1. The van der Waals surface area contributed by atoms with E-state index in [1.54, 1.807) is 13.0 Å². The lowest BCUT2D eigenvalue weighted by molar-refractivity contribution is 0.392. The molecule has 0 aromatic carbocycles. The van der Waals surface area contributed by atoms with E-state index < -0.39 is 0 Å². The maximum Gasteiger partial charge on any atom is 0.349 e. The van der Waals surface area contributed by atoms with E-state index in [4.69, 9.17) is 0 Å². The number of H-pyrrole nitrogens is 1. The topological polar surface area (TPSA) is 87.1 Å². The lowest BCUT2D eigenvalue weighted by Crippen LogP contribution is -2.33. The molecule has 1 saturated heterocycles. The van der Waals surface area contributed by atoms with Crippen LogP contribution < -0.4 is 16.3 Å². The molecule has 1 unspecified atom stereocenters. The van der Waals surface area contributed by atoms with E-state index >= 15 is 0 Å². The Labute approximate surface area is 110 Å². The molecule has 3 heterocycles. The van der Waals surface area contributed by atoms with Gasteiger partial charge in [0.05, 0.1) is 0 Å². The molecule has 1 atom stereocenters. The monoisotopic (exact) mass is 262 g/mol. The maximum absolute atomic E-state index is 11.5. The highest BCUT2D eigenvalue weighted by atomic mass is 16.1. The number of aromatic amines is 1. The zero-order valence-corrected chi connectivity index (χ0v) is 10.9. The Hall–Kier alpha value is -1.89. The molecule has 19 heavy (non-hydrogen) atoms. The molecule has 7 nitrogen and oxygen atoms in total. The van der Waals surface area contributed by atoms with E-state index in [0.717, 1.165) is 25.5 Å². The molecule has 3 N–H and O–H groups in total. The third-order valence-corrected chi connectivity index (χ3v) is 3.54. The number of aryl methyl sites for hydroxylation is 1. The third kappa shape index (κ3) is 2.46. The van der Waals surface area contributed by atoms with Crippen LogP contribution in [0.15, 0.2) is 10.9 Å².